The molecule has 0 saturated carbocycles. The number of nitrogens with one attached hydrogen (secondary N) is 1. The Morgan fingerprint density at radius 3 is 2.33 bits per heavy atom. The lowest BCUT2D eigenvalue weighted by Crippen LogP contribution is -2.30. The predicted molar refractivity (Wildman–Crippen MR) is 100 cm³/mol. The first-order valence-electron chi connectivity index (χ1n) is 8.19. The molecule has 0 aromatic heterocycles. The lowest BCUT2D eigenvalue weighted by Gasteiger charge is -2.21. The van der Waals surface area contributed by atoms with Gasteiger partial charge in [-0.15, -0.1) is 11.8 Å². The van der Waals surface area contributed by atoms with Gasteiger partial charge in [0.05, 0.1) is 18.9 Å². The molecule has 0 unspecified atom stereocenters. The molecule has 3 nitrogen and oxygen atoms in total. The zero-order chi connectivity index (χ0) is 17.4. The molecule has 1 amide bonds. The Morgan fingerprint density at radius 1 is 1.08 bits per heavy atom. The fraction of sp³-hybridized carbons (Fsp3) is 0.350. The summed E-state index contributed by atoms with van der Waals surface area (Å²) in [5.41, 5.74) is 1.16. The van der Waals surface area contributed by atoms with E-state index in [1.807, 2.05) is 42.5 Å². The summed E-state index contributed by atoms with van der Waals surface area (Å²) in [7, 11) is 1.65. The van der Waals surface area contributed by atoms with E-state index in [0.29, 0.717) is 11.7 Å². The fourth-order valence-corrected chi connectivity index (χ4v) is 3.20. The number of hydrogen-bond donors (Lipinski definition) is 1. The third-order valence-corrected chi connectivity index (χ3v) is 4.69. The van der Waals surface area contributed by atoms with Gasteiger partial charge in [-0.25, -0.2) is 0 Å². The SMILES string of the molecule is COc1ccc(SCC(=O)N[C@@H](CC(C)C)c2ccccc2)cc1. The average Bonchev–Trinajstić information content (AvgIpc) is 2.60. The highest BCUT2D eigenvalue weighted by Gasteiger charge is 2.16. The quantitative estimate of drug-likeness (QED) is 0.707. The van der Waals surface area contributed by atoms with Crippen molar-refractivity contribution in [3.8, 4) is 5.75 Å². The molecule has 2 rings (SSSR count). The number of benzene rings is 2. The van der Waals surface area contributed by atoms with Crippen LogP contribution in [0.3, 0.4) is 0 Å². The van der Waals surface area contributed by atoms with Gasteiger partial charge < -0.3 is 10.1 Å². The molecular weight excluding hydrogens is 318 g/mol. The first-order chi connectivity index (χ1) is 11.6. The molecule has 0 saturated heterocycles. The molecule has 0 aliphatic carbocycles. The van der Waals surface area contributed by atoms with E-state index in [9.17, 15) is 4.79 Å². The van der Waals surface area contributed by atoms with Crippen molar-refractivity contribution in [2.24, 2.45) is 5.92 Å². The number of ether oxygens (including phenoxy) is 1. The first-order valence-corrected chi connectivity index (χ1v) is 9.18. The summed E-state index contributed by atoms with van der Waals surface area (Å²) >= 11 is 1.54. The normalized spacial score (nSPS) is 12.0. The van der Waals surface area contributed by atoms with Crippen molar-refractivity contribution in [3.05, 3.63) is 60.2 Å². The van der Waals surface area contributed by atoms with Gasteiger partial charge in [0.2, 0.25) is 5.91 Å². The van der Waals surface area contributed by atoms with Gasteiger partial charge in [0.1, 0.15) is 5.75 Å². The Bertz CT molecular complexity index is 626. The van der Waals surface area contributed by atoms with Crippen LogP contribution in [0, 0.1) is 5.92 Å². The van der Waals surface area contributed by atoms with E-state index in [0.717, 1.165) is 22.6 Å². The van der Waals surface area contributed by atoms with Crippen LogP contribution in [0.2, 0.25) is 0 Å². The number of methoxy groups -OCH3 is 1. The van der Waals surface area contributed by atoms with Gasteiger partial charge in [0, 0.05) is 4.90 Å². The van der Waals surface area contributed by atoms with Crippen LogP contribution in [-0.4, -0.2) is 18.8 Å². The molecule has 128 valence electrons. The fourth-order valence-electron chi connectivity index (χ4n) is 2.49. The largest absolute Gasteiger partial charge is 0.497 e. The predicted octanol–water partition coefficient (Wildman–Crippen LogP) is 4.69. The Morgan fingerprint density at radius 2 is 1.75 bits per heavy atom. The van der Waals surface area contributed by atoms with Gasteiger partial charge in [-0.2, -0.15) is 0 Å². The lowest BCUT2D eigenvalue weighted by atomic mass is 9.97. The van der Waals surface area contributed by atoms with Crippen LogP contribution in [0.5, 0.6) is 5.75 Å². The maximum absolute atomic E-state index is 12.3. The number of amides is 1. The maximum atomic E-state index is 12.3. The Hall–Kier alpha value is -1.94. The molecule has 0 aliphatic heterocycles. The van der Waals surface area contributed by atoms with E-state index in [2.05, 4.69) is 31.3 Å². The third kappa shape index (κ3) is 5.93. The second-order valence-corrected chi connectivity index (χ2v) is 7.17. The van der Waals surface area contributed by atoms with E-state index < -0.39 is 0 Å². The van der Waals surface area contributed by atoms with Crippen molar-refractivity contribution >= 4 is 17.7 Å². The Balaban J connectivity index is 1.92. The average molecular weight is 343 g/mol. The number of rotatable bonds is 8. The summed E-state index contributed by atoms with van der Waals surface area (Å²) in [6, 6.07) is 18.0. The van der Waals surface area contributed by atoms with Crippen molar-refractivity contribution < 1.29 is 9.53 Å². The van der Waals surface area contributed by atoms with Gasteiger partial charge in [-0.05, 0) is 42.2 Å². The van der Waals surface area contributed by atoms with Crippen LogP contribution < -0.4 is 10.1 Å². The standard InChI is InChI=1S/C20H25NO2S/c1-15(2)13-19(16-7-5-4-6-8-16)21-20(22)14-24-18-11-9-17(23-3)10-12-18/h4-12,15,19H,13-14H2,1-3H3,(H,21,22)/t19-/m0/s1. The summed E-state index contributed by atoms with van der Waals surface area (Å²) < 4.78 is 5.14. The Labute approximate surface area is 148 Å². The van der Waals surface area contributed by atoms with Crippen molar-refractivity contribution in [3.63, 3.8) is 0 Å². The van der Waals surface area contributed by atoms with Crippen LogP contribution in [-0.2, 0) is 4.79 Å². The number of carbonyl (C=O) groups excluding carboxylic acids is 1. The first kappa shape index (κ1) is 18.4. The van der Waals surface area contributed by atoms with E-state index in [1.54, 1.807) is 7.11 Å². The molecule has 0 fully saturated rings. The van der Waals surface area contributed by atoms with Crippen LogP contribution in [0.4, 0.5) is 0 Å². The molecule has 0 radical (unpaired) electrons. The van der Waals surface area contributed by atoms with Gasteiger partial charge in [0.25, 0.3) is 0 Å². The summed E-state index contributed by atoms with van der Waals surface area (Å²) in [4.78, 5) is 13.4. The molecule has 0 heterocycles. The van der Waals surface area contributed by atoms with E-state index >= 15 is 0 Å². The number of carbonyl (C=O) groups is 1. The molecule has 2 aromatic carbocycles. The van der Waals surface area contributed by atoms with Gasteiger partial charge in [-0.3, -0.25) is 4.79 Å². The molecule has 2 aromatic rings. The van der Waals surface area contributed by atoms with Crippen LogP contribution >= 0.6 is 11.8 Å². The molecule has 1 N–H and O–H groups in total. The lowest BCUT2D eigenvalue weighted by molar-refractivity contribution is -0.119. The van der Waals surface area contributed by atoms with Crippen LogP contribution in [0.25, 0.3) is 0 Å². The second-order valence-electron chi connectivity index (χ2n) is 6.12. The van der Waals surface area contributed by atoms with Crippen LogP contribution in [0.1, 0.15) is 31.9 Å². The molecular formula is C20H25NO2S. The monoisotopic (exact) mass is 343 g/mol. The summed E-state index contributed by atoms with van der Waals surface area (Å²) in [5.74, 6) is 1.81. The zero-order valence-electron chi connectivity index (χ0n) is 14.5. The topological polar surface area (TPSA) is 38.3 Å². The van der Waals surface area contributed by atoms with Gasteiger partial charge in [0.15, 0.2) is 0 Å². The highest BCUT2D eigenvalue weighted by molar-refractivity contribution is 8.00. The summed E-state index contributed by atoms with van der Waals surface area (Å²) in [6.07, 6.45) is 0.933. The van der Waals surface area contributed by atoms with E-state index in [-0.39, 0.29) is 11.9 Å². The molecule has 0 aliphatic rings. The van der Waals surface area contributed by atoms with Crippen molar-refractivity contribution in [2.75, 3.05) is 12.9 Å². The van der Waals surface area contributed by atoms with Crippen molar-refractivity contribution in [2.45, 2.75) is 31.2 Å². The molecule has 1 atom stereocenters. The molecule has 24 heavy (non-hydrogen) atoms. The third-order valence-electron chi connectivity index (χ3n) is 3.67. The van der Waals surface area contributed by atoms with E-state index in [1.165, 1.54) is 11.8 Å². The Kier molecular flexibility index (Phi) is 7.19. The minimum absolute atomic E-state index is 0.0605. The molecule has 4 heteroatoms. The zero-order valence-corrected chi connectivity index (χ0v) is 15.3. The highest BCUT2D eigenvalue weighted by atomic mass is 32.2. The highest BCUT2D eigenvalue weighted by Crippen LogP contribution is 2.23. The molecule has 0 spiro atoms. The molecule has 0 bridgehead atoms. The van der Waals surface area contributed by atoms with Crippen molar-refractivity contribution in [1.29, 1.82) is 0 Å². The number of thioether (sulfide) groups is 1. The summed E-state index contributed by atoms with van der Waals surface area (Å²) in [5, 5.41) is 3.17. The van der Waals surface area contributed by atoms with Crippen LogP contribution in [0.15, 0.2) is 59.5 Å². The van der Waals surface area contributed by atoms with Gasteiger partial charge in [-0.1, -0.05) is 44.2 Å². The smallest absolute Gasteiger partial charge is 0.230 e. The van der Waals surface area contributed by atoms with E-state index in [4.69, 9.17) is 4.74 Å². The minimum atomic E-state index is 0.0605. The maximum Gasteiger partial charge on any atom is 0.230 e. The second kappa shape index (κ2) is 9.38. The van der Waals surface area contributed by atoms with Gasteiger partial charge >= 0.3 is 0 Å². The number of hydrogen-bond acceptors (Lipinski definition) is 3. The summed E-state index contributed by atoms with van der Waals surface area (Å²) in [6.45, 7) is 4.35. The minimum Gasteiger partial charge on any atom is -0.497 e. The van der Waals surface area contributed by atoms with Crippen molar-refractivity contribution in [1.82, 2.24) is 5.32 Å².